The second-order valence-electron chi connectivity index (χ2n) is 3.41. The van der Waals surface area contributed by atoms with Crippen LogP contribution in [0.25, 0.3) is 0 Å². The Bertz CT molecular complexity index is 363. The quantitative estimate of drug-likeness (QED) is 0.704. The average molecular weight is 237 g/mol. The lowest BCUT2D eigenvalue weighted by atomic mass is 9.66. The maximum Gasteiger partial charge on any atom is 0.106 e. The molecule has 2 nitrogen and oxygen atoms in total. The van der Waals surface area contributed by atoms with E-state index in [0.29, 0.717) is 0 Å². The summed E-state index contributed by atoms with van der Waals surface area (Å²) in [6.07, 6.45) is 4.88. The highest BCUT2D eigenvalue weighted by atomic mass is 79.9. The summed E-state index contributed by atoms with van der Waals surface area (Å²) in [5.41, 5.74) is 0.883. The molecule has 1 heterocycles. The SMILES string of the molecule is N#CC1(c2ccnc(Br)c2)CCC1. The first-order valence-electron chi connectivity index (χ1n) is 4.30. The van der Waals surface area contributed by atoms with Gasteiger partial charge in [0, 0.05) is 6.20 Å². The van der Waals surface area contributed by atoms with Gasteiger partial charge in [0.25, 0.3) is 0 Å². The van der Waals surface area contributed by atoms with Crippen LogP contribution in [-0.2, 0) is 5.41 Å². The van der Waals surface area contributed by atoms with Gasteiger partial charge in [0.05, 0.1) is 11.5 Å². The molecule has 1 aromatic heterocycles. The fraction of sp³-hybridized carbons (Fsp3) is 0.400. The predicted octanol–water partition coefficient (Wildman–Crippen LogP) is 2.79. The third-order valence-corrected chi connectivity index (χ3v) is 3.13. The van der Waals surface area contributed by atoms with Crippen molar-refractivity contribution in [2.75, 3.05) is 0 Å². The first-order valence-corrected chi connectivity index (χ1v) is 5.09. The monoisotopic (exact) mass is 236 g/mol. The topological polar surface area (TPSA) is 36.7 Å². The number of nitrogens with zero attached hydrogens (tertiary/aromatic N) is 2. The van der Waals surface area contributed by atoms with Crippen LogP contribution >= 0.6 is 15.9 Å². The van der Waals surface area contributed by atoms with E-state index in [4.69, 9.17) is 5.26 Å². The van der Waals surface area contributed by atoms with Gasteiger partial charge >= 0.3 is 0 Å². The summed E-state index contributed by atoms with van der Waals surface area (Å²) in [6.45, 7) is 0. The van der Waals surface area contributed by atoms with Crippen molar-refractivity contribution in [2.45, 2.75) is 24.7 Å². The number of nitriles is 1. The van der Waals surface area contributed by atoms with E-state index in [1.54, 1.807) is 6.20 Å². The highest BCUT2D eigenvalue weighted by Crippen LogP contribution is 2.43. The molecule has 0 atom stereocenters. The number of hydrogen-bond acceptors (Lipinski definition) is 2. The van der Waals surface area contributed by atoms with Crippen LogP contribution in [0.5, 0.6) is 0 Å². The van der Waals surface area contributed by atoms with Crippen LogP contribution in [-0.4, -0.2) is 4.98 Å². The van der Waals surface area contributed by atoms with Gasteiger partial charge in [0.1, 0.15) is 4.60 Å². The molecule has 0 aliphatic heterocycles. The Balaban J connectivity index is 2.40. The van der Waals surface area contributed by atoms with Crippen LogP contribution in [0.15, 0.2) is 22.9 Å². The number of halogens is 1. The molecular weight excluding hydrogens is 228 g/mol. The third kappa shape index (κ3) is 1.36. The summed E-state index contributed by atoms with van der Waals surface area (Å²) in [6, 6.07) is 6.29. The van der Waals surface area contributed by atoms with Crippen molar-refractivity contribution in [2.24, 2.45) is 0 Å². The lowest BCUT2D eigenvalue weighted by molar-refractivity contribution is 0.323. The van der Waals surface area contributed by atoms with E-state index < -0.39 is 0 Å². The Morgan fingerprint density at radius 2 is 2.31 bits per heavy atom. The van der Waals surface area contributed by atoms with Crippen molar-refractivity contribution in [1.29, 1.82) is 5.26 Å². The number of aromatic nitrogens is 1. The highest BCUT2D eigenvalue weighted by Gasteiger charge is 2.38. The Kier molecular flexibility index (Phi) is 2.09. The normalized spacial score (nSPS) is 18.8. The van der Waals surface area contributed by atoms with Crippen molar-refractivity contribution in [1.82, 2.24) is 4.98 Å². The Morgan fingerprint density at radius 3 is 2.77 bits per heavy atom. The molecule has 0 aromatic carbocycles. The zero-order valence-electron chi connectivity index (χ0n) is 7.13. The van der Waals surface area contributed by atoms with E-state index in [-0.39, 0.29) is 5.41 Å². The van der Waals surface area contributed by atoms with Gasteiger partial charge in [-0.05, 0) is 52.9 Å². The van der Waals surface area contributed by atoms with Gasteiger partial charge in [0.2, 0.25) is 0 Å². The van der Waals surface area contributed by atoms with Crippen LogP contribution in [0.3, 0.4) is 0 Å². The smallest absolute Gasteiger partial charge is 0.106 e. The van der Waals surface area contributed by atoms with Gasteiger partial charge in [-0.25, -0.2) is 4.98 Å². The maximum absolute atomic E-state index is 9.10. The standard InChI is InChI=1S/C10H9BrN2/c11-9-6-8(2-5-13-9)10(7-12)3-1-4-10/h2,5-6H,1,3-4H2. The predicted molar refractivity (Wildman–Crippen MR) is 53.1 cm³/mol. The lowest BCUT2D eigenvalue weighted by Gasteiger charge is -2.35. The van der Waals surface area contributed by atoms with Crippen LogP contribution in [0.1, 0.15) is 24.8 Å². The van der Waals surface area contributed by atoms with Gasteiger partial charge in [0.15, 0.2) is 0 Å². The molecule has 1 aliphatic carbocycles. The number of pyridine rings is 1. The first kappa shape index (κ1) is 8.71. The Labute approximate surface area is 85.7 Å². The maximum atomic E-state index is 9.10. The minimum atomic E-state index is -0.217. The summed E-state index contributed by atoms with van der Waals surface area (Å²) in [4.78, 5) is 4.05. The second-order valence-corrected chi connectivity index (χ2v) is 4.23. The van der Waals surface area contributed by atoms with Crippen molar-refractivity contribution in [3.8, 4) is 6.07 Å². The molecule has 1 fully saturated rings. The molecule has 13 heavy (non-hydrogen) atoms. The molecule has 2 rings (SSSR count). The lowest BCUT2D eigenvalue weighted by Crippen LogP contribution is -2.32. The number of rotatable bonds is 1. The van der Waals surface area contributed by atoms with Crippen molar-refractivity contribution < 1.29 is 0 Å². The molecule has 1 aliphatic rings. The highest BCUT2D eigenvalue weighted by molar-refractivity contribution is 9.10. The first-order chi connectivity index (χ1) is 6.27. The second kappa shape index (κ2) is 3.12. The van der Waals surface area contributed by atoms with Gasteiger partial charge < -0.3 is 0 Å². The fourth-order valence-electron chi connectivity index (χ4n) is 1.70. The number of hydrogen-bond donors (Lipinski definition) is 0. The molecule has 3 heteroatoms. The Hall–Kier alpha value is -0.880. The largest absolute Gasteiger partial charge is 0.249 e. The average Bonchev–Trinajstić information content (AvgIpc) is 2.03. The molecular formula is C10H9BrN2. The molecule has 0 N–H and O–H groups in total. The summed E-state index contributed by atoms with van der Waals surface area (Å²) in [5.74, 6) is 0. The Morgan fingerprint density at radius 1 is 1.54 bits per heavy atom. The van der Waals surface area contributed by atoms with Gasteiger partial charge in [-0.3, -0.25) is 0 Å². The van der Waals surface area contributed by atoms with Gasteiger partial charge in [-0.1, -0.05) is 0 Å². The summed E-state index contributed by atoms with van der Waals surface area (Å²) in [7, 11) is 0. The molecule has 0 bridgehead atoms. The van der Waals surface area contributed by atoms with Crippen LogP contribution in [0, 0.1) is 11.3 Å². The van der Waals surface area contributed by atoms with E-state index >= 15 is 0 Å². The third-order valence-electron chi connectivity index (χ3n) is 2.70. The molecule has 1 saturated carbocycles. The molecule has 0 spiro atoms. The molecule has 0 unspecified atom stereocenters. The van der Waals surface area contributed by atoms with Gasteiger partial charge in [-0.2, -0.15) is 5.26 Å². The molecule has 66 valence electrons. The fourth-order valence-corrected chi connectivity index (χ4v) is 2.06. The van der Waals surface area contributed by atoms with E-state index in [1.165, 1.54) is 0 Å². The summed E-state index contributed by atoms with van der Waals surface area (Å²) in [5, 5.41) is 9.10. The van der Waals surface area contributed by atoms with Crippen LogP contribution in [0.4, 0.5) is 0 Å². The zero-order valence-corrected chi connectivity index (χ0v) is 8.71. The zero-order chi connectivity index (χ0) is 9.31. The summed E-state index contributed by atoms with van der Waals surface area (Å²) >= 11 is 3.32. The van der Waals surface area contributed by atoms with Crippen LogP contribution < -0.4 is 0 Å². The van der Waals surface area contributed by atoms with Crippen molar-refractivity contribution in [3.63, 3.8) is 0 Å². The minimum absolute atomic E-state index is 0.217. The molecule has 0 saturated heterocycles. The van der Waals surface area contributed by atoms with E-state index in [0.717, 1.165) is 29.4 Å². The van der Waals surface area contributed by atoms with Crippen molar-refractivity contribution in [3.05, 3.63) is 28.5 Å². The summed E-state index contributed by atoms with van der Waals surface area (Å²) < 4.78 is 0.812. The van der Waals surface area contributed by atoms with E-state index in [2.05, 4.69) is 27.0 Å². The van der Waals surface area contributed by atoms with E-state index in [1.807, 2.05) is 12.1 Å². The minimum Gasteiger partial charge on any atom is -0.249 e. The molecule has 0 amide bonds. The van der Waals surface area contributed by atoms with E-state index in [9.17, 15) is 0 Å². The van der Waals surface area contributed by atoms with Crippen molar-refractivity contribution >= 4 is 15.9 Å². The molecule has 0 radical (unpaired) electrons. The van der Waals surface area contributed by atoms with Gasteiger partial charge in [-0.15, -0.1) is 0 Å². The van der Waals surface area contributed by atoms with Crippen LogP contribution in [0.2, 0.25) is 0 Å². The molecule has 1 aromatic rings.